The maximum atomic E-state index is 5.79. The van der Waals surface area contributed by atoms with Crippen LogP contribution in [-0.2, 0) is 13.1 Å². The first-order valence-corrected chi connectivity index (χ1v) is 6.74. The smallest absolute Gasteiger partial charge is 0.147 e. The van der Waals surface area contributed by atoms with Crippen LogP contribution in [0.3, 0.4) is 0 Å². The van der Waals surface area contributed by atoms with Gasteiger partial charge in [0, 0.05) is 19.1 Å². The van der Waals surface area contributed by atoms with Crippen molar-refractivity contribution in [2.45, 2.75) is 25.6 Å². The van der Waals surface area contributed by atoms with Gasteiger partial charge in [-0.05, 0) is 18.5 Å². The van der Waals surface area contributed by atoms with Crippen molar-refractivity contribution in [2.24, 2.45) is 5.73 Å². The van der Waals surface area contributed by atoms with Crippen LogP contribution in [0.25, 0.3) is 0 Å². The summed E-state index contributed by atoms with van der Waals surface area (Å²) in [6, 6.07) is 11.0. The van der Waals surface area contributed by atoms with Gasteiger partial charge in [-0.15, -0.1) is 10.2 Å². The number of hydrogen-bond donors (Lipinski definition) is 1. The predicted octanol–water partition coefficient (Wildman–Crippen LogP) is 1.18. The predicted molar refractivity (Wildman–Crippen MR) is 73.3 cm³/mol. The lowest BCUT2D eigenvalue weighted by Crippen LogP contribution is -2.37. The van der Waals surface area contributed by atoms with E-state index in [1.54, 1.807) is 0 Å². The quantitative estimate of drug-likeness (QED) is 0.893. The molecular formula is C14H19N5. The van der Waals surface area contributed by atoms with E-state index in [4.69, 9.17) is 5.73 Å². The molecule has 0 bridgehead atoms. The summed E-state index contributed by atoms with van der Waals surface area (Å²) in [5.41, 5.74) is 7.12. The summed E-state index contributed by atoms with van der Waals surface area (Å²) in [5.74, 6) is 1.05. The summed E-state index contributed by atoms with van der Waals surface area (Å²) in [6.45, 7) is 3.52. The molecule has 1 aromatic heterocycles. The van der Waals surface area contributed by atoms with E-state index in [1.165, 1.54) is 5.56 Å². The molecule has 0 saturated heterocycles. The third-order valence-corrected chi connectivity index (χ3v) is 3.73. The van der Waals surface area contributed by atoms with E-state index in [9.17, 15) is 0 Å². The molecule has 5 heteroatoms. The van der Waals surface area contributed by atoms with Crippen LogP contribution in [0.2, 0.25) is 0 Å². The Morgan fingerprint density at radius 1 is 1.21 bits per heavy atom. The Morgan fingerprint density at radius 3 is 2.84 bits per heavy atom. The normalized spacial score (nSPS) is 17.1. The highest BCUT2D eigenvalue weighted by atomic mass is 15.3. The molecule has 19 heavy (non-hydrogen) atoms. The molecular weight excluding hydrogens is 238 g/mol. The van der Waals surface area contributed by atoms with Crippen molar-refractivity contribution in [1.29, 1.82) is 0 Å². The summed E-state index contributed by atoms with van der Waals surface area (Å²) in [4.78, 5) is 2.45. The summed E-state index contributed by atoms with van der Waals surface area (Å²) < 4.78 is 2.13. The molecule has 2 aromatic rings. The molecule has 0 aliphatic carbocycles. The van der Waals surface area contributed by atoms with E-state index in [-0.39, 0.29) is 0 Å². The van der Waals surface area contributed by atoms with Crippen molar-refractivity contribution in [3.8, 4) is 0 Å². The van der Waals surface area contributed by atoms with Crippen LogP contribution in [0.15, 0.2) is 36.7 Å². The standard InChI is InChI=1S/C14H19N5/c15-7-6-13(12-4-2-1-3-5-12)18-8-9-19-11-16-17-14(19)10-18/h1-5,11,13H,6-10,15H2. The van der Waals surface area contributed by atoms with Crippen molar-refractivity contribution < 1.29 is 0 Å². The fourth-order valence-electron chi connectivity index (χ4n) is 2.74. The molecule has 100 valence electrons. The zero-order valence-corrected chi connectivity index (χ0v) is 10.9. The fraction of sp³-hybridized carbons (Fsp3) is 0.429. The van der Waals surface area contributed by atoms with Crippen LogP contribution < -0.4 is 5.73 Å². The lowest BCUT2D eigenvalue weighted by Gasteiger charge is -2.34. The van der Waals surface area contributed by atoms with Crippen LogP contribution in [0.4, 0.5) is 0 Å². The average molecular weight is 257 g/mol. The zero-order chi connectivity index (χ0) is 13.1. The molecule has 1 aromatic carbocycles. The molecule has 5 nitrogen and oxygen atoms in total. The Balaban J connectivity index is 1.82. The molecule has 0 spiro atoms. The maximum Gasteiger partial charge on any atom is 0.147 e. The number of aromatic nitrogens is 3. The lowest BCUT2D eigenvalue weighted by atomic mass is 10.0. The van der Waals surface area contributed by atoms with Crippen LogP contribution >= 0.6 is 0 Å². The lowest BCUT2D eigenvalue weighted by molar-refractivity contribution is 0.146. The molecule has 1 aliphatic heterocycles. The monoisotopic (exact) mass is 257 g/mol. The van der Waals surface area contributed by atoms with Crippen LogP contribution in [0, 0.1) is 0 Å². The van der Waals surface area contributed by atoms with Crippen molar-refractivity contribution >= 4 is 0 Å². The van der Waals surface area contributed by atoms with Gasteiger partial charge >= 0.3 is 0 Å². The van der Waals surface area contributed by atoms with E-state index in [2.05, 4.69) is 50.0 Å². The second kappa shape index (κ2) is 5.50. The minimum atomic E-state index is 0.372. The van der Waals surface area contributed by atoms with Crippen LogP contribution in [-0.4, -0.2) is 32.8 Å². The topological polar surface area (TPSA) is 60.0 Å². The molecule has 0 saturated carbocycles. The van der Waals surface area contributed by atoms with Gasteiger partial charge in [0.1, 0.15) is 12.2 Å². The van der Waals surface area contributed by atoms with Gasteiger partial charge in [-0.1, -0.05) is 30.3 Å². The summed E-state index contributed by atoms with van der Waals surface area (Å²) in [6.07, 6.45) is 2.78. The molecule has 1 atom stereocenters. The number of hydrogen-bond acceptors (Lipinski definition) is 4. The second-order valence-electron chi connectivity index (χ2n) is 4.91. The number of nitrogens with two attached hydrogens (primary N) is 1. The van der Waals surface area contributed by atoms with Gasteiger partial charge in [0.05, 0.1) is 6.54 Å². The number of fused-ring (bicyclic) bond motifs is 1. The highest BCUT2D eigenvalue weighted by Crippen LogP contribution is 2.27. The van der Waals surface area contributed by atoms with Gasteiger partial charge in [0.25, 0.3) is 0 Å². The first kappa shape index (κ1) is 12.3. The Kier molecular flexibility index (Phi) is 3.57. The largest absolute Gasteiger partial charge is 0.330 e. The summed E-state index contributed by atoms with van der Waals surface area (Å²) in [5, 5.41) is 8.16. The SMILES string of the molecule is NCCC(c1ccccc1)N1CCn2cnnc2C1. The van der Waals surface area contributed by atoms with Gasteiger partial charge in [-0.3, -0.25) is 4.90 Å². The van der Waals surface area contributed by atoms with E-state index in [0.717, 1.165) is 31.9 Å². The van der Waals surface area contributed by atoms with Gasteiger partial charge in [0.2, 0.25) is 0 Å². The van der Waals surface area contributed by atoms with Gasteiger partial charge in [-0.2, -0.15) is 0 Å². The Bertz CT molecular complexity index is 522. The molecule has 0 amide bonds. The maximum absolute atomic E-state index is 5.79. The van der Waals surface area contributed by atoms with E-state index in [1.807, 2.05) is 6.33 Å². The summed E-state index contributed by atoms with van der Waals surface area (Å²) >= 11 is 0. The Morgan fingerprint density at radius 2 is 2.05 bits per heavy atom. The molecule has 1 aliphatic rings. The van der Waals surface area contributed by atoms with Gasteiger partial charge in [-0.25, -0.2) is 0 Å². The summed E-state index contributed by atoms with van der Waals surface area (Å²) in [7, 11) is 0. The first-order chi connectivity index (χ1) is 9.38. The Hall–Kier alpha value is -1.72. The van der Waals surface area contributed by atoms with Crippen molar-refractivity contribution in [1.82, 2.24) is 19.7 Å². The molecule has 1 unspecified atom stereocenters. The van der Waals surface area contributed by atoms with Crippen LogP contribution in [0.1, 0.15) is 23.9 Å². The number of benzene rings is 1. The van der Waals surface area contributed by atoms with Crippen molar-refractivity contribution in [2.75, 3.05) is 13.1 Å². The first-order valence-electron chi connectivity index (χ1n) is 6.74. The highest BCUT2D eigenvalue weighted by molar-refractivity contribution is 5.19. The third kappa shape index (κ3) is 2.52. The van der Waals surface area contributed by atoms with E-state index >= 15 is 0 Å². The average Bonchev–Trinajstić information content (AvgIpc) is 2.93. The van der Waals surface area contributed by atoms with Crippen molar-refractivity contribution in [3.05, 3.63) is 48.0 Å². The number of nitrogens with zero attached hydrogens (tertiary/aromatic N) is 4. The second-order valence-corrected chi connectivity index (χ2v) is 4.91. The minimum absolute atomic E-state index is 0.372. The molecule has 3 rings (SSSR count). The van der Waals surface area contributed by atoms with Crippen molar-refractivity contribution in [3.63, 3.8) is 0 Å². The van der Waals surface area contributed by atoms with Gasteiger partial charge in [0.15, 0.2) is 0 Å². The Labute approximate surface area is 113 Å². The minimum Gasteiger partial charge on any atom is -0.330 e. The van der Waals surface area contributed by atoms with E-state index < -0.39 is 0 Å². The van der Waals surface area contributed by atoms with Gasteiger partial charge < -0.3 is 10.3 Å². The third-order valence-electron chi connectivity index (χ3n) is 3.73. The van der Waals surface area contributed by atoms with Crippen LogP contribution in [0.5, 0.6) is 0 Å². The highest BCUT2D eigenvalue weighted by Gasteiger charge is 2.25. The molecule has 2 N–H and O–H groups in total. The fourth-order valence-corrected chi connectivity index (χ4v) is 2.74. The van der Waals surface area contributed by atoms with E-state index in [0.29, 0.717) is 12.6 Å². The molecule has 0 fully saturated rings. The number of rotatable bonds is 4. The zero-order valence-electron chi connectivity index (χ0n) is 10.9. The molecule has 0 radical (unpaired) electrons. The molecule has 2 heterocycles.